The minimum absolute atomic E-state index is 0.121. The van der Waals surface area contributed by atoms with Crippen LogP contribution >= 0.6 is 0 Å². The summed E-state index contributed by atoms with van der Waals surface area (Å²) in [4.78, 5) is 35.3. The maximum atomic E-state index is 12.1. The number of hydrogen-bond acceptors (Lipinski definition) is 4. The number of carboxylic acids is 2. The standard InChI is InChI=1S/C13H23N3O5/c1-14-7-9-3-2-6-16(8-9)13(21)15-10(12(19)20)4-5-11(17)18/h9-10,14H,2-8H2,1H3,(H,15,21)(H,17,18)(H,19,20)/t9?,10-/m0/s1. The first kappa shape index (κ1) is 17.2. The molecule has 0 aromatic carbocycles. The number of carboxylic acid groups (broad SMARTS) is 2. The lowest BCUT2D eigenvalue weighted by Gasteiger charge is -2.33. The van der Waals surface area contributed by atoms with Crippen LogP contribution in [0.15, 0.2) is 0 Å². The molecule has 0 bridgehead atoms. The van der Waals surface area contributed by atoms with Gasteiger partial charge in [0, 0.05) is 19.5 Å². The predicted octanol–water partition coefficient (Wildman–Crippen LogP) is -0.0546. The molecule has 1 unspecified atom stereocenters. The van der Waals surface area contributed by atoms with Gasteiger partial charge in [-0.25, -0.2) is 9.59 Å². The smallest absolute Gasteiger partial charge is 0.326 e. The third kappa shape index (κ3) is 5.99. The lowest BCUT2D eigenvalue weighted by molar-refractivity contribution is -0.140. The van der Waals surface area contributed by atoms with Crippen LogP contribution in [0.5, 0.6) is 0 Å². The molecule has 1 fully saturated rings. The van der Waals surface area contributed by atoms with E-state index >= 15 is 0 Å². The van der Waals surface area contributed by atoms with Crippen molar-refractivity contribution >= 4 is 18.0 Å². The van der Waals surface area contributed by atoms with Gasteiger partial charge in [0.25, 0.3) is 0 Å². The molecule has 0 spiro atoms. The summed E-state index contributed by atoms with van der Waals surface area (Å²) in [5.74, 6) is -1.94. The largest absolute Gasteiger partial charge is 0.481 e. The number of aliphatic carboxylic acids is 2. The molecule has 8 nitrogen and oxygen atoms in total. The van der Waals surface area contributed by atoms with Crippen molar-refractivity contribution in [3.8, 4) is 0 Å². The van der Waals surface area contributed by atoms with Crippen molar-refractivity contribution in [1.82, 2.24) is 15.5 Å². The van der Waals surface area contributed by atoms with Crippen LogP contribution < -0.4 is 10.6 Å². The number of urea groups is 1. The van der Waals surface area contributed by atoms with Crippen LogP contribution in [0.3, 0.4) is 0 Å². The molecule has 0 radical (unpaired) electrons. The zero-order valence-corrected chi connectivity index (χ0v) is 12.2. The van der Waals surface area contributed by atoms with Crippen molar-refractivity contribution < 1.29 is 24.6 Å². The molecule has 120 valence electrons. The summed E-state index contributed by atoms with van der Waals surface area (Å²) in [5.41, 5.74) is 0. The monoisotopic (exact) mass is 301 g/mol. The molecule has 1 aliphatic heterocycles. The first-order chi connectivity index (χ1) is 9.93. The van der Waals surface area contributed by atoms with Crippen molar-refractivity contribution in [3.05, 3.63) is 0 Å². The van der Waals surface area contributed by atoms with Gasteiger partial charge in [0.15, 0.2) is 0 Å². The fourth-order valence-corrected chi connectivity index (χ4v) is 2.47. The van der Waals surface area contributed by atoms with Gasteiger partial charge in [0.1, 0.15) is 6.04 Å². The normalized spacial score (nSPS) is 19.9. The molecule has 1 heterocycles. The van der Waals surface area contributed by atoms with Crippen LogP contribution in [0.4, 0.5) is 4.79 Å². The van der Waals surface area contributed by atoms with E-state index in [1.807, 2.05) is 7.05 Å². The first-order valence-electron chi connectivity index (χ1n) is 7.08. The molecule has 1 aliphatic rings. The lowest BCUT2D eigenvalue weighted by Crippen LogP contribution is -2.51. The molecule has 2 atom stereocenters. The van der Waals surface area contributed by atoms with Gasteiger partial charge in [-0.05, 0) is 38.8 Å². The average molecular weight is 301 g/mol. The Morgan fingerprint density at radius 3 is 2.62 bits per heavy atom. The number of nitrogens with zero attached hydrogens (tertiary/aromatic N) is 1. The number of amides is 2. The van der Waals surface area contributed by atoms with Gasteiger partial charge >= 0.3 is 18.0 Å². The highest BCUT2D eigenvalue weighted by Crippen LogP contribution is 2.16. The lowest BCUT2D eigenvalue weighted by atomic mass is 9.98. The fourth-order valence-electron chi connectivity index (χ4n) is 2.47. The summed E-state index contributed by atoms with van der Waals surface area (Å²) in [6.45, 7) is 1.99. The Hall–Kier alpha value is -1.83. The molecule has 1 rings (SSSR count). The molecule has 4 N–H and O–H groups in total. The molecule has 0 aromatic rings. The highest BCUT2D eigenvalue weighted by atomic mass is 16.4. The second-order valence-corrected chi connectivity index (χ2v) is 5.28. The fraction of sp³-hybridized carbons (Fsp3) is 0.769. The summed E-state index contributed by atoms with van der Waals surface area (Å²) in [6, 6.07) is -1.60. The Balaban J connectivity index is 2.52. The Bertz CT molecular complexity index is 386. The Labute approximate surface area is 123 Å². The Morgan fingerprint density at radius 1 is 1.33 bits per heavy atom. The summed E-state index contributed by atoms with van der Waals surface area (Å²) >= 11 is 0. The number of likely N-dealkylation sites (tertiary alicyclic amines) is 1. The maximum Gasteiger partial charge on any atom is 0.326 e. The zero-order valence-electron chi connectivity index (χ0n) is 12.2. The Morgan fingerprint density at radius 2 is 2.05 bits per heavy atom. The molecule has 0 aromatic heterocycles. The number of piperidine rings is 1. The van der Waals surface area contributed by atoms with E-state index in [1.165, 1.54) is 0 Å². The van der Waals surface area contributed by atoms with E-state index < -0.39 is 24.0 Å². The van der Waals surface area contributed by atoms with Gasteiger partial charge in [0.05, 0.1) is 0 Å². The summed E-state index contributed by atoms with van der Waals surface area (Å²) in [5, 5.41) is 23.1. The second kappa shape index (κ2) is 8.46. The van der Waals surface area contributed by atoms with Gasteiger partial charge in [0.2, 0.25) is 0 Å². The van der Waals surface area contributed by atoms with Crippen LogP contribution in [0, 0.1) is 5.92 Å². The van der Waals surface area contributed by atoms with Gasteiger partial charge in [-0.2, -0.15) is 0 Å². The quantitative estimate of drug-likeness (QED) is 0.523. The molecule has 0 saturated carbocycles. The van der Waals surface area contributed by atoms with Crippen molar-refractivity contribution in [1.29, 1.82) is 0 Å². The van der Waals surface area contributed by atoms with E-state index in [0.717, 1.165) is 19.4 Å². The number of nitrogens with one attached hydrogen (secondary N) is 2. The molecule has 0 aliphatic carbocycles. The van der Waals surface area contributed by atoms with Crippen LogP contribution in [-0.2, 0) is 9.59 Å². The van der Waals surface area contributed by atoms with E-state index in [-0.39, 0.29) is 12.8 Å². The molecule has 21 heavy (non-hydrogen) atoms. The van der Waals surface area contributed by atoms with E-state index in [9.17, 15) is 14.4 Å². The number of carbonyl (C=O) groups is 3. The van der Waals surface area contributed by atoms with Crippen molar-refractivity contribution in [3.63, 3.8) is 0 Å². The average Bonchev–Trinajstić information content (AvgIpc) is 2.43. The minimum Gasteiger partial charge on any atom is -0.481 e. The summed E-state index contributed by atoms with van der Waals surface area (Å²) in [6.07, 6.45) is 1.50. The maximum absolute atomic E-state index is 12.1. The van der Waals surface area contributed by atoms with Crippen LogP contribution in [0.1, 0.15) is 25.7 Å². The molecular formula is C13H23N3O5. The number of hydrogen-bond donors (Lipinski definition) is 4. The summed E-state index contributed by atoms with van der Waals surface area (Å²) in [7, 11) is 1.85. The second-order valence-electron chi connectivity index (χ2n) is 5.28. The molecule has 1 saturated heterocycles. The van der Waals surface area contributed by atoms with Gasteiger partial charge in [-0.3, -0.25) is 4.79 Å². The van der Waals surface area contributed by atoms with Crippen molar-refractivity contribution in [2.45, 2.75) is 31.7 Å². The molecule has 2 amide bonds. The highest BCUT2D eigenvalue weighted by Gasteiger charge is 2.27. The molecular weight excluding hydrogens is 278 g/mol. The molecule has 8 heteroatoms. The van der Waals surface area contributed by atoms with E-state index in [2.05, 4.69) is 10.6 Å². The number of rotatable bonds is 7. The summed E-state index contributed by atoms with van der Waals surface area (Å²) < 4.78 is 0. The predicted molar refractivity (Wildman–Crippen MR) is 75.0 cm³/mol. The highest BCUT2D eigenvalue weighted by molar-refractivity contribution is 5.83. The van der Waals surface area contributed by atoms with Crippen LogP contribution in [-0.4, -0.2) is 65.8 Å². The minimum atomic E-state index is -1.21. The van der Waals surface area contributed by atoms with E-state index in [4.69, 9.17) is 10.2 Å². The van der Waals surface area contributed by atoms with Crippen LogP contribution in [0.2, 0.25) is 0 Å². The van der Waals surface area contributed by atoms with E-state index in [0.29, 0.717) is 19.0 Å². The van der Waals surface area contributed by atoms with Gasteiger partial charge in [-0.15, -0.1) is 0 Å². The topological polar surface area (TPSA) is 119 Å². The zero-order chi connectivity index (χ0) is 15.8. The van der Waals surface area contributed by atoms with Crippen LogP contribution in [0.25, 0.3) is 0 Å². The third-order valence-electron chi connectivity index (χ3n) is 3.54. The first-order valence-corrected chi connectivity index (χ1v) is 7.08. The van der Waals surface area contributed by atoms with Crippen molar-refractivity contribution in [2.75, 3.05) is 26.7 Å². The Kier molecular flexibility index (Phi) is 6.93. The SMILES string of the molecule is CNCC1CCCN(C(=O)N[C@@H](CCC(=O)O)C(=O)O)C1. The van der Waals surface area contributed by atoms with Gasteiger partial charge < -0.3 is 25.7 Å². The van der Waals surface area contributed by atoms with Crippen molar-refractivity contribution in [2.24, 2.45) is 5.92 Å². The third-order valence-corrected chi connectivity index (χ3v) is 3.54. The van der Waals surface area contributed by atoms with Gasteiger partial charge in [-0.1, -0.05) is 0 Å². The number of carbonyl (C=O) groups excluding carboxylic acids is 1. The van der Waals surface area contributed by atoms with E-state index in [1.54, 1.807) is 4.90 Å².